The Morgan fingerprint density at radius 1 is 1.11 bits per heavy atom. The van der Waals surface area contributed by atoms with E-state index in [4.69, 9.17) is 9.15 Å². The van der Waals surface area contributed by atoms with Crippen LogP contribution in [-0.4, -0.2) is 48.5 Å². The van der Waals surface area contributed by atoms with Crippen LogP contribution in [0.2, 0.25) is 0 Å². The van der Waals surface area contributed by atoms with E-state index in [1.807, 2.05) is 4.90 Å². The summed E-state index contributed by atoms with van der Waals surface area (Å²) in [7, 11) is 0. The highest BCUT2D eigenvalue weighted by Gasteiger charge is 2.21. The molecule has 1 amide bonds. The second-order valence-electron chi connectivity index (χ2n) is 6.61. The molecule has 0 N–H and O–H groups in total. The molecule has 28 heavy (non-hydrogen) atoms. The number of piperazine rings is 1. The highest BCUT2D eigenvalue weighted by molar-refractivity contribution is 9.11. The molecule has 4 rings (SSSR count). The van der Waals surface area contributed by atoms with Gasteiger partial charge in [-0.25, -0.2) is 4.79 Å². The maximum Gasteiger partial charge on any atom is 0.336 e. The van der Waals surface area contributed by atoms with Gasteiger partial charge in [0.25, 0.3) is 5.91 Å². The number of hydrogen-bond donors (Lipinski definition) is 0. The molecule has 1 aromatic carbocycles. The van der Waals surface area contributed by atoms with E-state index < -0.39 is 5.63 Å². The Morgan fingerprint density at radius 3 is 2.64 bits per heavy atom. The molecule has 0 unspecified atom stereocenters. The molecule has 0 spiro atoms. The van der Waals surface area contributed by atoms with Gasteiger partial charge in [-0.3, -0.25) is 9.69 Å². The largest absolute Gasteiger partial charge is 0.484 e. The number of carbonyl (C=O) groups is 1. The Bertz CT molecular complexity index is 1040. The average molecular weight is 463 g/mol. The van der Waals surface area contributed by atoms with Crippen LogP contribution < -0.4 is 10.4 Å². The summed E-state index contributed by atoms with van der Waals surface area (Å²) in [4.78, 5) is 29.3. The summed E-state index contributed by atoms with van der Waals surface area (Å²) < 4.78 is 11.9. The fourth-order valence-corrected chi connectivity index (χ4v) is 4.71. The van der Waals surface area contributed by atoms with Crippen molar-refractivity contribution in [2.45, 2.75) is 6.54 Å². The molecule has 0 aliphatic carbocycles. The summed E-state index contributed by atoms with van der Waals surface area (Å²) in [5.41, 5.74) is 0.0415. The number of ether oxygens (including phenoxy) is 1. The average Bonchev–Trinajstić information content (AvgIpc) is 3.11. The SMILES string of the molecule is O=C(COc1ccc2ccc(=O)oc2c1)N1CCN(Cc2ccc(Br)s2)CC1. The number of benzene rings is 1. The number of halogens is 1. The van der Waals surface area contributed by atoms with Crippen molar-refractivity contribution in [3.63, 3.8) is 0 Å². The predicted octanol–water partition coefficient (Wildman–Crippen LogP) is 3.34. The first kappa shape index (κ1) is 19.2. The maximum absolute atomic E-state index is 12.5. The minimum absolute atomic E-state index is 0.0273. The van der Waals surface area contributed by atoms with Crippen molar-refractivity contribution in [1.82, 2.24) is 9.80 Å². The lowest BCUT2D eigenvalue weighted by Gasteiger charge is -2.34. The molecule has 0 radical (unpaired) electrons. The van der Waals surface area contributed by atoms with Crippen LogP contribution in [0, 0.1) is 0 Å². The van der Waals surface area contributed by atoms with Crippen LogP contribution in [0.5, 0.6) is 5.75 Å². The smallest absolute Gasteiger partial charge is 0.336 e. The molecule has 3 aromatic rings. The second kappa shape index (κ2) is 8.46. The lowest BCUT2D eigenvalue weighted by atomic mass is 10.2. The van der Waals surface area contributed by atoms with Gasteiger partial charge < -0.3 is 14.1 Å². The first-order valence-electron chi connectivity index (χ1n) is 8.98. The fourth-order valence-electron chi connectivity index (χ4n) is 3.18. The predicted molar refractivity (Wildman–Crippen MR) is 112 cm³/mol. The molecule has 0 atom stereocenters. The molecule has 2 aromatic heterocycles. The third-order valence-corrected chi connectivity index (χ3v) is 6.30. The van der Waals surface area contributed by atoms with Crippen molar-refractivity contribution in [3.8, 4) is 5.75 Å². The van der Waals surface area contributed by atoms with E-state index in [-0.39, 0.29) is 12.5 Å². The molecule has 1 aliphatic heterocycles. The normalized spacial score (nSPS) is 15.1. The molecule has 6 nitrogen and oxygen atoms in total. The van der Waals surface area contributed by atoms with E-state index in [0.717, 1.165) is 28.8 Å². The van der Waals surface area contributed by atoms with Gasteiger partial charge in [0, 0.05) is 55.1 Å². The van der Waals surface area contributed by atoms with Crippen molar-refractivity contribution < 1.29 is 13.9 Å². The standard InChI is InChI=1S/C20H19BrN2O4S/c21-18-5-4-16(28-18)12-22-7-9-23(10-8-22)19(24)13-26-15-3-1-14-2-6-20(25)27-17(14)11-15/h1-6,11H,7-10,12-13H2. The summed E-state index contributed by atoms with van der Waals surface area (Å²) in [5.74, 6) is 0.477. The zero-order valence-electron chi connectivity index (χ0n) is 15.1. The number of nitrogens with zero attached hydrogens (tertiary/aromatic N) is 2. The van der Waals surface area contributed by atoms with Crippen LogP contribution in [0.1, 0.15) is 4.88 Å². The molecule has 0 bridgehead atoms. The van der Waals surface area contributed by atoms with Crippen LogP contribution in [0.15, 0.2) is 55.5 Å². The van der Waals surface area contributed by atoms with Gasteiger partial charge in [0.1, 0.15) is 11.3 Å². The van der Waals surface area contributed by atoms with Gasteiger partial charge in [0.2, 0.25) is 0 Å². The van der Waals surface area contributed by atoms with Crippen molar-refractivity contribution in [2.75, 3.05) is 32.8 Å². The fraction of sp³-hybridized carbons (Fsp3) is 0.300. The van der Waals surface area contributed by atoms with Gasteiger partial charge in [-0.2, -0.15) is 0 Å². The van der Waals surface area contributed by atoms with Crippen LogP contribution in [0.3, 0.4) is 0 Å². The Labute approximate surface area is 174 Å². The molecule has 1 aliphatic rings. The van der Waals surface area contributed by atoms with E-state index in [0.29, 0.717) is 24.4 Å². The molecule has 146 valence electrons. The number of thiophene rings is 1. The van der Waals surface area contributed by atoms with E-state index in [1.165, 1.54) is 10.9 Å². The topological polar surface area (TPSA) is 63.0 Å². The first-order chi connectivity index (χ1) is 13.6. The number of amides is 1. The number of rotatable bonds is 5. The van der Waals surface area contributed by atoms with Gasteiger partial charge in [-0.1, -0.05) is 0 Å². The quantitative estimate of drug-likeness (QED) is 0.544. The zero-order valence-corrected chi connectivity index (χ0v) is 17.5. The monoisotopic (exact) mass is 462 g/mol. The highest BCUT2D eigenvalue weighted by atomic mass is 79.9. The Kier molecular flexibility index (Phi) is 5.79. The van der Waals surface area contributed by atoms with E-state index in [1.54, 1.807) is 35.6 Å². The summed E-state index contributed by atoms with van der Waals surface area (Å²) in [6.45, 7) is 3.98. The van der Waals surface area contributed by atoms with E-state index in [9.17, 15) is 9.59 Å². The van der Waals surface area contributed by atoms with Crippen molar-refractivity contribution >= 4 is 44.1 Å². The molecule has 3 heterocycles. The van der Waals surface area contributed by atoms with Crippen LogP contribution in [-0.2, 0) is 11.3 Å². The maximum atomic E-state index is 12.5. The van der Waals surface area contributed by atoms with Crippen LogP contribution >= 0.6 is 27.3 Å². The van der Waals surface area contributed by atoms with Crippen LogP contribution in [0.25, 0.3) is 11.0 Å². The highest BCUT2D eigenvalue weighted by Crippen LogP contribution is 2.24. The molecule has 1 fully saturated rings. The lowest BCUT2D eigenvalue weighted by molar-refractivity contribution is -0.135. The van der Waals surface area contributed by atoms with Gasteiger partial charge >= 0.3 is 5.63 Å². The summed E-state index contributed by atoms with van der Waals surface area (Å²) in [6, 6.07) is 12.5. The molecule has 8 heteroatoms. The summed E-state index contributed by atoms with van der Waals surface area (Å²) in [6.07, 6.45) is 0. The summed E-state index contributed by atoms with van der Waals surface area (Å²) in [5, 5.41) is 0.812. The van der Waals surface area contributed by atoms with Crippen molar-refractivity contribution in [1.29, 1.82) is 0 Å². The Balaban J connectivity index is 1.28. The Hall–Kier alpha value is -2.16. The van der Waals surface area contributed by atoms with Crippen LogP contribution in [0.4, 0.5) is 0 Å². The molecule has 0 saturated carbocycles. The molecular formula is C20H19BrN2O4S. The number of fused-ring (bicyclic) bond motifs is 1. The minimum Gasteiger partial charge on any atom is -0.484 e. The van der Waals surface area contributed by atoms with E-state index >= 15 is 0 Å². The van der Waals surface area contributed by atoms with Gasteiger partial charge in [0.15, 0.2) is 6.61 Å². The second-order valence-corrected chi connectivity index (χ2v) is 9.15. The van der Waals surface area contributed by atoms with Gasteiger partial charge in [-0.15, -0.1) is 11.3 Å². The molecule has 1 saturated heterocycles. The number of hydrogen-bond acceptors (Lipinski definition) is 6. The summed E-state index contributed by atoms with van der Waals surface area (Å²) >= 11 is 5.23. The third-order valence-electron chi connectivity index (χ3n) is 4.69. The number of carbonyl (C=O) groups excluding carboxylic acids is 1. The first-order valence-corrected chi connectivity index (χ1v) is 10.6. The Morgan fingerprint density at radius 2 is 1.89 bits per heavy atom. The van der Waals surface area contributed by atoms with Crippen molar-refractivity contribution in [3.05, 3.63) is 61.5 Å². The molecular weight excluding hydrogens is 444 g/mol. The van der Waals surface area contributed by atoms with Crippen molar-refractivity contribution in [2.24, 2.45) is 0 Å². The lowest BCUT2D eigenvalue weighted by Crippen LogP contribution is -2.49. The minimum atomic E-state index is -0.409. The van der Waals surface area contributed by atoms with Gasteiger partial charge in [-0.05, 0) is 46.3 Å². The van der Waals surface area contributed by atoms with Gasteiger partial charge in [0.05, 0.1) is 3.79 Å². The zero-order chi connectivity index (χ0) is 19.5. The van der Waals surface area contributed by atoms with E-state index in [2.05, 4.69) is 33.0 Å². The third kappa shape index (κ3) is 4.63.